The van der Waals surface area contributed by atoms with E-state index in [4.69, 9.17) is 1.37 Å². The van der Waals surface area contributed by atoms with Crippen molar-refractivity contribution in [1.82, 2.24) is 0 Å². The standard InChI is InChI=1S/C19H17NO2S/c1-15-11-13-17(14-12-15)23(21,22)20-19-10-6-5-9-18(19)16-7-3-2-4-8-16/h2-14,20H,1H3/i7D. The molecule has 0 spiro atoms. The van der Waals surface area contributed by atoms with Crippen LogP contribution in [0.15, 0.2) is 83.7 Å². The van der Waals surface area contributed by atoms with Gasteiger partial charge in [0, 0.05) is 5.56 Å². The maximum absolute atomic E-state index is 12.6. The number of hydrogen-bond donors (Lipinski definition) is 1. The molecule has 116 valence electrons. The Hall–Kier alpha value is -2.59. The maximum atomic E-state index is 12.6. The van der Waals surface area contributed by atoms with E-state index in [9.17, 15) is 8.42 Å². The van der Waals surface area contributed by atoms with Gasteiger partial charge >= 0.3 is 0 Å². The molecule has 0 aliphatic heterocycles. The van der Waals surface area contributed by atoms with Crippen molar-refractivity contribution in [3.63, 3.8) is 0 Å². The summed E-state index contributed by atoms with van der Waals surface area (Å²) < 4.78 is 35.9. The van der Waals surface area contributed by atoms with Gasteiger partial charge in [0.05, 0.1) is 12.0 Å². The SMILES string of the molecule is [2H]c1ccccc1-c1ccccc1NS(=O)(=O)c1ccc(C)cc1. The Labute approximate surface area is 138 Å². The lowest BCUT2D eigenvalue weighted by atomic mass is 10.0. The van der Waals surface area contributed by atoms with E-state index in [0.29, 0.717) is 22.9 Å². The van der Waals surface area contributed by atoms with Crippen LogP contribution in [0.2, 0.25) is 0 Å². The molecule has 0 amide bonds. The summed E-state index contributed by atoms with van der Waals surface area (Å²) in [6.07, 6.45) is 0. The van der Waals surface area contributed by atoms with Crippen LogP contribution in [0.3, 0.4) is 0 Å². The molecular weight excluding hydrogens is 306 g/mol. The third-order valence-corrected chi connectivity index (χ3v) is 4.88. The summed E-state index contributed by atoms with van der Waals surface area (Å²) >= 11 is 0. The lowest BCUT2D eigenvalue weighted by Crippen LogP contribution is -2.13. The number of benzene rings is 3. The molecule has 3 aromatic carbocycles. The van der Waals surface area contributed by atoms with Crippen LogP contribution in [0, 0.1) is 6.92 Å². The van der Waals surface area contributed by atoms with E-state index in [0.717, 1.165) is 5.56 Å². The second-order valence-electron chi connectivity index (χ2n) is 5.24. The summed E-state index contributed by atoms with van der Waals surface area (Å²) in [6, 6.07) is 21.2. The van der Waals surface area contributed by atoms with E-state index < -0.39 is 10.0 Å². The molecule has 0 aliphatic carbocycles. The molecule has 0 unspecified atom stereocenters. The number of nitrogens with one attached hydrogen (secondary N) is 1. The summed E-state index contributed by atoms with van der Waals surface area (Å²) in [7, 11) is -3.68. The fourth-order valence-corrected chi connectivity index (χ4v) is 3.37. The minimum absolute atomic E-state index is 0.210. The number of aryl methyl sites for hydroxylation is 1. The Morgan fingerprint density at radius 2 is 1.57 bits per heavy atom. The van der Waals surface area contributed by atoms with Gasteiger partial charge in [0.15, 0.2) is 0 Å². The van der Waals surface area contributed by atoms with E-state index in [2.05, 4.69) is 4.72 Å². The zero-order valence-corrected chi connectivity index (χ0v) is 13.5. The van der Waals surface area contributed by atoms with Crippen molar-refractivity contribution in [2.45, 2.75) is 11.8 Å². The van der Waals surface area contributed by atoms with Crippen molar-refractivity contribution in [3.05, 3.63) is 84.4 Å². The van der Waals surface area contributed by atoms with Crippen molar-refractivity contribution >= 4 is 15.7 Å². The van der Waals surface area contributed by atoms with Gasteiger partial charge in [0.1, 0.15) is 0 Å². The van der Waals surface area contributed by atoms with Gasteiger partial charge < -0.3 is 0 Å². The summed E-state index contributed by atoms with van der Waals surface area (Å²) in [6.45, 7) is 1.91. The molecule has 0 fully saturated rings. The van der Waals surface area contributed by atoms with Crippen molar-refractivity contribution in [2.24, 2.45) is 0 Å². The van der Waals surface area contributed by atoms with Crippen molar-refractivity contribution in [3.8, 4) is 11.1 Å². The van der Waals surface area contributed by atoms with Crippen LogP contribution in [0.5, 0.6) is 0 Å². The molecular formula is C19H17NO2S. The minimum atomic E-state index is -3.68. The van der Waals surface area contributed by atoms with Gasteiger partial charge in [-0.05, 0) is 30.7 Å². The Morgan fingerprint density at radius 1 is 0.870 bits per heavy atom. The summed E-state index contributed by atoms with van der Waals surface area (Å²) in [5, 5.41) is 0. The van der Waals surface area contributed by atoms with E-state index in [1.54, 1.807) is 60.7 Å². The zero-order valence-electron chi connectivity index (χ0n) is 13.7. The molecule has 1 N–H and O–H groups in total. The highest BCUT2D eigenvalue weighted by molar-refractivity contribution is 7.92. The second kappa shape index (κ2) is 6.26. The molecule has 4 heteroatoms. The summed E-state index contributed by atoms with van der Waals surface area (Å²) in [4.78, 5) is 0.210. The quantitative estimate of drug-likeness (QED) is 0.770. The summed E-state index contributed by atoms with van der Waals surface area (Å²) in [5.74, 6) is 0. The number of anilines is 1. The van der Waals surface area contributed by atoms with Gasteiger partial charge in [-0.3, -0.25) is 4.72 Å². The lowest BCUT2D eigenvalue weighted by Gasteiger charge is -2.13. The smallest absolute Gasteiger partial charge is 0.261 e. The van der Waals surface area contributed by atoms with Crippen LogP contribution in [0.1, 0.15) is 6.93 Å². The molecule has 0 bridgehead atoms. The Bertz CT molecular complexity index is 967. The van der Waals surface area contributed by atoms with Crippen molar-refractivity contribution < 1.29 is 9.79 Å². The topological polar surface area (TPSA) is 46.2 Å². The van der Waals surface area contributed by atoms with Crippen LogP contribution in [0.25, 0.3) is 11.1 Å². The average Bonchev–Trinajstić information content (AvgIpc) is 2.56. The van der Waals surface area contributed by atoms with Crippen LogP contribution in [-0.2, 0) is 10.0 Å². The predicted molar refractivity (Wildman–Crippen MR) is 93.9 cm³/mol. The van der Waals surface area contributed by atoms with Crippen LogP contribution < -0.4 is 4.72 Å². The number of para-hydroxylation sites is 1. The van der Waals surface area contributed by atoms with Gasteiger partial charge in [0.2, 0.25) is 0 Å². The Morgan fingerprint density at radius 3 is 2.30 bits per heavy atom. The fourth-order valence-electron chi connectivity index (χ4n) is 2.29. The van der Waals surface area contributed by atoms with Crippen molar-refractivity contribution in [2.75, 3.05) is 4.72 Å². The molecule has 0 aliphatic rings. The fraction of sp³-hybridized carbons (Fsp3) is 0.0526. The van der Waals surface area contributed by atoms with E-state index in [-0.39, 0.29) is 4.90 Å². The molecule has 23 heavy (non-hydrogen) atoms. The third kappa shape index (κ3) is 3.43. The first-order valence-electron chi connectivity index (χ1n) is 7.72. The van der Waals surface area contributed by atoms with E-state index in [1.807, 2.05) is 19.1 Å². The average molecular weight is 324 g/mol. The van der Waals surface area contributed by atoms with Gasteiger partial charge in [-0.25, -0.2) is 8.42 Å². The molecule has 3 nitrogen and oxygen atoms in total. The highest BCUT2D eigenvalue weighted by atomic mass is 32.2. The summed E-state index contributed by atoms with van der Waals surface area (Å²) in [5.41, 5.74) is 2.81. The highest BCUT2D eigenvalue weighted by Gasteiger charge is 2.16. The predicted octanol–water partition coefficient (Wildman–Crippen LogP) is 4.46. The monoisotopic (exact) mass is 324 g/mol. The van der Waals surface area contributed by atoms with Gasteiger partial charge in [-0.1, -0.05) is 66.2 Å². The molecule has 0 radical (unpaired) electrons. The molecule has 3 aromatic rings. The number of rotatable bonds is 4. The second-order valence-corrected chi connectivity index (χ2v) is 6.92. The van der Waals surface area contributed by atoms with Gasteiger partial charge in [-0.2, -0.15) is 0 Å². The minimum Gasteiger partial charge on any atom is -0.279 e. The number of hydrogen-bond acceptors (Lipinski definition) is 2. The molecule has 3 rings (SSSR count). The molecule has 0 saturated carbocycles. The first-order chi connectivity index (χ1) is 11.5. The van der Waals surface area contributed by atoms with Gasteiger partial charge in [0.25, 0.3) is 10.0 Å². The van der Waals surface area contributed by atoms with E-state index in [1.165, 1.54) is 0 Å². The van der Waals surface area contributed by atoms with E-state index >= 15 is 0 Å². The first-order valence-corrected chi connectivity index (χ1v) is 8.70. The molecule has 0 heterocycles. The zero-order chi connectivity index (χ0) is 17.2. The van der Waals surface area contributed by atoms with Gasteiger partial charge in [-0.15, -0.1) is 0 Å². The molecule has 0 saturated heterocycles. The molecule has 0 atom stereocenters. The normalized spacial score (nSPS) is 11.8. The van der Waals surface area contributed by atoms with Crippen LogP contribution >= 0.6 is 0 Å². The van der Waals surface area contributed by atoms with Crippen LogP contribution in [-0.4, -0.2) is 8.42 Å². The Balaban J connectivity index is 2.02. The highest BCUT2D eigenvalue weighted by Crippen LogP contribution is 2.29. The number of sulfonamides is 1. The largest absolute Gasteiger partial charge is 0.279 e. The lowest BCUT2D eigenvalue weighted by molar-refractivity contribution is 0.601. The maximum Gasteiger partial charge on any atom is 0.261 e. The van der Waals surface area contributed by atoms with Crippen molar-refractivity contribution in [1.29, 1.82) is 0 Å². The third-order valence-electron chi connectivity index (χ3n) is 3.50. The Kier molecular flexibility index (Phi) is 3.82. The molecule has 0 aromatic heterocycles. The van der Waals surface area contributed by atoms with Crippen LogP contribution in [0.4, 0.5) is 5.69 Å². The first kappa shape index (κ1) is 14.0.